The van der Waals surface area contributed by atoms with Crippen molar-refractivity contribution in [2.75, 3.05) is 20.1 Å². The molecule has 1 aliphatic heterocycles. The van der Waals surface area contributed by atoms with E-state index in [4.69, 9.17) is 9.83 Å². The molecule has 3 rings (SSSR count). The van der Waals surface area contributed by atoms with Crippen molar-refractivity contribution in [3.63, 3.8) is 0 Å². The van der Waals surface area contributed by atoms with Crippen LogP contribution in [0.25, 0.3) is 0 Å². The molecule has 1 saturated carbocycles. The number of likely N-dealkylation sites (N-methyl/N-ethyl adjacent to an activating group) is 1. The number of rotatable bonds is 1. The Kier molecular flexibility index (Phi) is 3.52. The molecule has 1 aliphatic carbocycles. The molecule has 1 aromatic rings. The van der Waals surface area contributed by atoms with E-state index in [2.05, 4.69) is 11.0 Å². The molecular formula is C17H15N5O. The largest absolute Gasteiger partial charge is 0.472 e. The molecule has 0 saturated heterocycles. The minimum Gasteiger partial charge on any atom is -0.472 e. The van der Waals surface area contributed by atoms with E-state index in [1.54, 1.807) is 6.07 Å². The molecule has 6 heteroatoms. The quantitative estimate of drug-likeness (QED) is 0.798. The zero-order chi connectivity index (χ0) is 16.6. The fourth-order valence-corrected chi connectivity index (χ4v) is 3.78. The summed E-state index contributed by atoms with van der Waals surface area (Å²) in [6.07, 6.45) is 4.99. The Labute approximate surface area is 134 Å². The molecule has 0 radical (unpaired) electrons. The average Bonchev–Trinajstić information content (AvgIpc) is 3.08. The molecule has 0 bridgehead atoms. The van der Waals surface area contributed by atoms with Crippen molar-refractivity contribution in [3.8, 4) is 18.2 Å². The molecule has 114 valence electrons. The lowest BCUT2D eigenvalue weighted by Crippen LogP contribution is -2.52. The van der Waals surface area contributed by atoms with Gasteiger partial charge in [0.15, 0.2) is 5.41 Å². The summed E-state index contributed by atoms with van der Waals surface area (Å²) in [5.41, 5.74) is -0.198. The zero-order valence-corrected chi connectivity index (χ0v) is 12.7. The second-order valence-electron chi connectivity index (χ2n) is 6.07. The highest BCUT2D eigenvalue weighted by Gasteiger charge is 2.57. The number of nitrogens with zero attached hydrogens (tertiary/aromatic N) is 4. The summed E-state index contributed by atoms with van der Waals surface area (Å²) in [6, 6.07) is 7.94. The highest BCUT2D eigenvalue weighted by molar-refractivity contribution is 6.00. The van der Waals surface area contributed by atoms with Crippen molar-refractivity contribution in [2.24, 2.45) is 17.3 Å². The minimum atomic E-state index is -1.65. The van der Waals surface area contributed by atoms with Crippen molar-refractivity contribution in [1.82, 2.24) is 4.90 Å². The number of nitrogens with one attached hydrogen (secondary N) is 1. The SMILES string of the molecule is CN1CC=C2C(C#N)C(=N)C(C#N)(C#N)[C@@H](c3ccoc3)[C@H]2C1. The maximum atomic E-state index is 9.76. The lowest BCUT2D eigenvalue weighted by molar-refractivity contribution is 0.234. The Bertz CT molecular complexity index is 772. The third kappa shape index (κ3) is 1.99. The van der Waals surface area contributed by atoms with E-state index < -0.39 is 17.3 Å². The highest BCUT2D eigenvalue weighted by Crippen LogP contribution is 2.53. The van der Waals surface area contributed by atoms with Gasteiger partial charge < -0.3 is 14.7 Å². The maximum Gasteiger partial charge on any atom is 0.189 e. The van der Waals surface area contributed by atoms with Crippen LogP contribution in [0, 0.1) is 56.7 Å². The van der Waals surface area contributed by atoms with Gasteiger partial charge in [-0.05, 0) is 24.3 Å². The van der Waals surface area contributed by atoms with Gasteiger partial charge in [0, 0.05) is 24.9 Å². The first-order valence-electron chi connectivity index (χ1n) is 7.30. The van der Waals surface area contributed by atoms with E-state index in [1.807, 2.05) is 25.3 Å². The van der Waals surface area contributed by atoms with Crippen molar-refractivity contribution >= 4 is 5.71 Å². The van der Waals surface area contributed by atoms with Gasteiger partial charge in [-0.3, -0.25) is 0 Å². The fraction of sp³-hybridized carbons (Fsp3) is 0.412. The van der Waals surface area contributed by atoms with E-state index in [0.717, 1.165) is 11.1 Å². The van der Waals surface area contributed by atoms with Crippen molar-refractivity contribution < 1.29 is 4.42 Å². The van der Waals surface area contributed by atoms with Crippen LogP contribution in [0.15, 0.2) is 34.7 Å². The molecule has 0 spiro atoms. The Hall–Kier alpha value is -2.88. The lowest BCUT2D eigenvalue weighted by atomic mass is 9.54. The van der Waals surface area contributed by atoms with Crippen molar-refractivity contribution in [3.05, 3.63) is 35.8 Å². The molecule has 3 atom stereocenters. The molecule has 23 heavy (non-hydrogen) atoms. The first-order chi connectivity index (χ1) is 11.1. The number of hydrogen-bond donors (Lipinski definition) is 1. The molecule has 1 N–H and O–H groups in total. The van der Waals surface area contributed by atoms with Crippen LogP contribution < -0.4 is 0 Å². The number of hydrogen-bond acceptors (Lipinski definition) is 6. The molecule has 2 heterocycles. The minimum absolute atomic E-state index is 0.122. The van der Waals surface area contributed by atoms with Gasteiger partial charge >= 0.3 is 0 Å². The Morgan fingerprint density at radius 1 is 1.35 bits per heavy atom. The van der Waals surface area contributed by atoms with Crippen LogP contribution in [0.3, 0.4) is 0 Å². The zero-order valence-electron chi connectivity index (χ0n) is 12.7. The van der Waals surface area contributed by atoms with E-state index in [-0.39, 0.29) is 11.6 Å². The summed E-state index contributed by atoms with van der Waals surface area (Å²) in [4.78, 5) is 2.09. The molecule has 6 nitrogen and oxygen atoms in total. The Balaban J connectivity index is 2.25. The summed E-state index contributed by atoms with van der Waals surface area (Å²) in [6.45, 7) is 1.33. The van der Waals surface area contributed by atoms with Gasteiger partial charge in [-0.25, -0.2) is 0 Å². The Morgan fingerprint density at radius 3 is 2.65 bits per heavy atom. The molecule has 1 aromatic heterocycles. The second kappa shape index (κ2) is 5.39. The maximum absolute atomic E-state index is 9.76. The highest BCUT2D eigenvalue weighted by atomic mass is 16.3. The topological polar surface area (TPSA) is 112 Å². The summed E-state index contributed by atoms with van der Waals surface area (Å²) in [5, 5.41) is 37.5. The second-order valence-corrected chi connectivity index (χ2v) is 6.07. The predicted molar refractivity (Wildman–Crippen MR) is 81.0 cm³/mol. The van der Waals surface area contributed by atoms with Gasteiger partial charge in [-0.2, -0.15) is 15.8 Å². The van der Waals surface area contributed by atoms with E-state index in [9.17, 15) is 15.8 Å². The summed E-state index contributed by atoms with van der Waals surface area (Å²) in [7, 11) is 1.96. The lowest BCUT2D eigenvalue weighted by Gasteiger charge is -2.46. The van der Waals surface area contributed by atoms with Crippen LogP contribution in [0.1, 0.15) is 11.5 Å². The van der Waals surface area contributed by atoms with Gasteiger partial charge in [0.25, 0.3) is 0 Å². The third-order valence-corrected chi connectivity index (χ3v) is 4.88. The van der Waals surface area contributed by atoms with E-state index in [1.165, 1.54) is 12.5 Å². The van der Waals surface area contributed by atoms with Crippen LogP contribution in [-0.4, -0.2) is 30.7 Å². The summed E-state index contributed by atoms with van der Waals surface area (Å²) in [5.74, 6) is -1.48. The molecule has 0 aromatic carbocycles. The molecule has 2 aliphatic rings. The normalized spacial score (nSPS) is 29.6. The average molecular weight is 305 g/mol. The van der Waals surface area contributed by atoms with Crippen LogP contribution in [0.4, 0.5) is 0 Å². The monoisotopic (exact) mass is 305 g/mol. The van der Waals surface area contributed by atoms with Gasteiger partial charge in [0.05, 0.1) is 36.4 Å². The first kappa shape index (κ1) is 15.0. The summed E-state index contributed by atoms with van der Waals surface area (Å²) < 4.78 is 5.16. The number of furan rings is 1. The molecule has 1 unspecified atom stereocenters. The predicted octanol–water partition coefficient (Wildman–Crippen LogP) is 2.06. The van der Waals surface area contributed by atoms with Gasteiger partial charge in [-0.15, -0.1) is 0 Å². The Morgan fingerprint density at radius 2 is 2.09 bits per heavy atom. The first-order valence-corrected chi connectivity index (χ1v) is 7.30. The molecule has 0 amide bonds. The standard InChI is InChI=1S/C17H15N5O/c1-22-4-2-12-13(6-18)16(21)17(9-19,10-20)15(14(12)7-22)11-3-5-23-8-11/h2-3,5,8,13-15,21H,4,7H2,1H3/t13?,14-,15-/m0/s1. The molecule has 1 fully saturated rings. The van der Waals surface area contributed by atoms with Crippen LogP contribution in [-0.2, 0) is 0 Å². The van der Waals surface area contributed by atoms with Crippen LogP contribution in [0.2, 0.25) is 0 Å². The fourth-order valence-electron chi connectivity index (χ4n) is 3.78. The number of nitriles is 3. The number of fused-ring (bicyclic) bond motifs is 1. The van der Waals surface area contributed by atoms with Crippen LogP contribution >= 0.6 is 0 Å². The van der Waals surface area contributed by atoms with E-state index in [0.29, 0.717) is 13.1 Å². The van der Waals surface area contributed by atoms with Crippen molar-refractivity contribution in [1.29, 1.82) is 21.2 Å². The summed E-state index contributed by atoms with van der Waals surface area (Å²) >= 11 is 0. The third-order valence-electron chi connectivity index (χ3n) is 4.88. The molecular weight excluding hydrogens is 290 g/mol. The van der Waals surface area contributed by atoms with Gasteiger partial charge in [-0.1, -0.05) is 6.08 Å². The van der Waals surface area contributed by atoms with Crippen LogP contribution in [0.5, 0.6) is 0 Å². The smallest absolute Gasteiger partial charge is 0.189 e. The van der Waals surface area contributed by atoms with Gasteiger partial charge in [0.1, 0.15) is 5.92 Å². The van der Waals surface area contributed by atoms with Crippen molar-refractivity contribution in [2.45, 2.75) is 5.92 Å². The van der Waals surface area contributed by atoms with Gasteiger partial charge in [0.2, 0.25) is 0 Å². The van der Waals surface area contributed by atoms with E-state index >= 15 is 0 Å².